The highest BCUT2D eigenvalue weighted by Crippen LogP contribution is 2.25. The number of aromatic nitrogens is 1. The monoisotopic (exact) mass is 292 g/mol. The lowest BCUT2D eigenvalue weighted by molar-refractivity contribution is -0.0587. The van der Waals surface area contributed by atoms with Gasteiger partial charge in [0, 0.05) is 18.5 Å². The Morgan fingerprint density at radius 1 is 1.40 bits per heavy atom. The Morgan fingerprint density at radius 2 is 2.15 bits per heavy atom. The van der Waals surface area contributed by atoms with Gasteiger partial charge in [-0.3, -0.25) is 4.79 Å². The van der Waals surface area contributed by atoms with Crippen molar-refractivity contribution in [3.05, 3.63) is 29.5 Å². The lowest BCUT2D eigenvalue weighted by atomic mass is 10.2. The molecule has 106 valence electrons. The van der Waals surface area contributed by atoms with Crippen LogP contribution in [0.1, 0.15) is 24.3 Å². The zero-order valence-corrected chi connectivity index (χ0v) is 12.2. The number of ether oxygens (including phenoxy) is 1. The maximum Gasteiger partial charge on any atom is 0.273 e. The molecule has 3 rings (SSSR count). The number of carbonyl (C=O) groups excluding carboxylic acids is 1. The Labute approximate surface area is 121 Å². The molecule has 1 aliphatic rings. The fourth-order valence-corrected chi connectivity index (χ4v) is 3.15. The minimum absolute atomic E-state index is 0.0407. The SMILES string of the molecule is CC1CN(C(=O)c2csc(-c3ccco3)n2)CC(C)O1. The second-order valence-corrected chi connectivity index (χ2v) is 5.84. The maximum atomic E-state index is 12.5. The van der Waals surface area contributed by atoms with Gasteiger partial charge in [-0.05, 0) is 26.0 Å². The smallest absolute Gasteiger partial charge is 0.273 e. The Morgan fingerprint density at radius 3 is 2.80 bits per heavy atom. The summed E-state index contributed by atoms with van der Waals surface area (Å²) < 4.78 is 10.9. The Bertz CT molecular complexity index is 583. The molecule has 0 aliphatic carbocycles. The molecular formula is C14H16N2O3S. The molecule has 20 heavy (non-hydrogen) atoms. The molecule has 3 heterocycles. The molecule has 2 aromatic heterocycles. The van der Waals surface area contributed by atoms with Crippen LogP contribution in [0.2, 0.25) is 0 Å². The molecule has 1 fully saturated rings. The molecule has 0 radical (unpaired) electrons. The van der Waals surface area contributed by atoms with E-state index >= 15 is 0 Å². The Balaban J connectivity index is 1.77. The number of nitrogens with zero attached hydrogens (tertiary/aromatic N) is 2. The van der Waals surface area contributed by atoms with E-state index in [1.54, 1.807) is 16.5 Å². The summed E-state index contributed by atoms with van der Waals surface area (Å²) in [6.07, 6.45) is 1.72. The maximum absolute atomic E-state index is 12.5. The van der Waals surface area contributed by atoms with Crippen LogP contribution < -0.4 is 0 Å². The topological polar surface area (TPSA) is 55.6 Å². The number of hydrogen-bond donors (Lipinski definition) is 0. The van der Waals surface area contributed by atoms with Crippen molar-refractivity contribution in [2.45, 2.75) is 26.1 Å². The Hall–Kier alpha value is -1.66. The van der Waals surface area contributed by atoms with Crippen LogP contribution in [0, 0.1) is 0 Å². The molecule has 2 aromatic rings. The first-order chi connectivity index (χ1) is 9.63. The van der Waals surface area contributed by atoms with Crippen LogP contribution in [-0.4, -0.2) is 41.1 Å². The molecule has 1 saturated heterocycles. The van der Waals surface area contributed by atoms with Gasteiger partial charge in [0.15, 0.2) is 10.8 Å². The lowest BCUT2D eigenvalue weighted by Gasteiger charge is -2.34. The Kier molecular flexibility index (Phi) is 3.58. The average Bonchev–Trinajstić information content (AvgIpc) is 3.07. The molecule has 6 heteroatoms. The molecule has 0 N–H and O–H groups in total. The second-order valence-electron chi connectivity index (χ2n) is 4.98. The van der Waals surface area contributed by atoms with Gasteiger partial charge in [-0.15, -0.1) is 11.3 Å². The standard InChI is InChI=1S/C14H16N2O3S/c1-9-6-16(7-10(2)19-9)14(17)11-8-20-13(15-11)12-4-3-5-18-12/h3-5,8-10H,6-7H2,1-2H3. The predicted molar refractivity (Wildman–Crippen MR) is 75.7 cm³/mol. The van der Waals surface area contributed by atoms with Crippen LogP contribution in [0.4, 0.5) is 0 Å². The van der Waals surface area contributed by atoms with Gasteiger partial charge < -0.3 is 14.1 Å². The third-order valence-corrected chi connectivity index (χ3v) is 4.02. The number of morpholine rings is 1. The zero-order chi connectivity index (χ0) is 14.1. The molecule has 2 atom stereocenters. The third-order valence-electron chi connectivity index (χ3n) is 3.16. The van der Waals surface area contributed by atoms with Crippen molar-refractivity contribution in [3.8, 4) is 10.8 Å². The molecule has 0 aromatic carbocycles. The summed E-state index contributed by atoms with van der Waals surface area (Å²) in [7, 11) is 0. The number of furan rings is 1. The van der Waals surface area contributed by atoms with Crippen LogP contribution >= 0.6 is 11.3 Å². The third kappa shape index (κ3) is 2.62. The molecular weight excluding hydrogens is 276 g/mol. The van der Waals surface area contributed by atoms with Crippen molar-refractivity contribution in [1.82, 2.24) is 9.88 Å². The average molecular weight is 292 g/mol. The highest BCUT2D eigenvalue weighted by Gasteiger charge is 2.28. The summed E-state index contributed by atoms with van der Waals surface area (Å²) in [4.78, 5) is 18.6. The van der Waals surface area contributed by atoms with Crippen molar-refractivity contribution in [1.29, 1.82) is 0 Å². The van der Waals surface area contributed by atoms with Crippen LogP contribution in [0.3, 0.4) is 0 Å². The van der Waals surface area contributed by atoms with E-state index in [-0.39, 0.29) is 18.1 Å². The van der Waals surface area contributed by atoms with E-state index in [0.29, 0.717) is 24.5 Å². The lowest BCUT2D eigenvalue weighted by Crippen LogP contribution is -2.48. The summed E-state index contributed by atoms with van der Waals surface area (Å²) in [6, 6.07) is 3.65. The van der Waals surface area contributed by atoms with E-state index in [4.69, 9.17) is 9.15 Å². The van der Waals surface area contributed by atoms with Crippen LogP contribution in [-0.2, 0) is 4.74 Å². The first kappa shape index (κ1) is 13.3. The van der Waals surface area contributed by atoms with Crippen molar-refractivity contribution in [2.24, 2.45) is 0 Å². The van der Waals surface area contributed by atoms with E-state index in [2.05, 4.69) is 4.98 Å². The number of carbonyl (C=O) groups is 1. The van der Waals surface area contributed by atoms with Crippen molar-refractivity contribution >= 4 is 17.2 Å². The molecule has 0 saturated carbocycles. The van der Waals surface area contributed by atoms with Gasteiger partial charge >= 0.3 is 0 Å². The summed E-state index contributed by atoms with van der Waals surface area (Å²) in [6.45, 7) is 5.17. The van der Waals surface area contributed by atoms with Crippen molar-refractivity contribution in [2.75, 3.05) is 13.1 Å². The number of hydrogen-bond acceptors (Lipinski definition) is 5. The molecule has 2 unspecified atom stereocenters. The van der Waals surface area contributed by atoms with Crippen molar-refractivity contribution in [3.63, 3.8) is 0 Å². The van der Waals surface area contributed by atoms with Gasteiger partial charge in [0.25, 0.3) is 5.91 Å². The zero-order valence-electron chi connectivity index (χ0n) is 11.4. The summed E-state index contributed by atoms with van der Waals surface area (Å²) >= 11 is 1.42. The largest absolute Gasteiger partial charge is 0.462 e. The van der Waals surface area contributed by atoms with E-state index in [1.807, 2.05) is 26.0 Å². The summed E-state index contributed by atoms with van der Waals surface area (Å²) in [5.74, 6) is 0.652. The quantitative estimate of drug-likeness (QED) is 0.854. The molecule has 1 amide bonds. The number of amides is 1. The fraction of sp³-hybridized carbons (Fsp3) is 0.429. The molecule has 0 bridgehead atoms. The minimum Gasteiger partial charge on any atom is -0.462 e. The number of rotatable bonds is 2. The molecule has 1 aliphatic heterocycles. The molecule has 5 nitrogen and oxygen atoms in total. The minimum atomic E-state index is -0.0407. The van der Waals surface area contributed by atoms with E-state index in [9.17, 15) is 4.79 Å². The molecule has 0 spiro atoms. The van der Waals surface area contributed by atoms with Gasteiger partial charge in [-0.2, -0.15) is 0 Å². The van der Waals surface area contributed by atoms with Crippen LogP contribution in [0.5, 0.6) is 0 Å². The van der Waals surface area contributed by atoms with Gasteiger partial charge in [-0.1, -0.05) is 0 Å². The summed E-state index contributed by atoms with van der Waals surface area (Å²) in [5.41, 5.74) is 0.475. The highest BCUT2D eigenvalue weighted by molar-refractivity contribution is 7.13. The fourth-order valence-electron chi connectivity index (χ4n) is 2.39. The summed E-state index contributed by atoms with van der Waals surface area (Å²) in [5, 5.41) is 2.51. The van der Waals surface area contributed by atoms with E-state index in [1.165, 1.54) is 11.3 Å². The second kappa shape index (κ2) is 5.38. The van der Waals surface area contributed by atoms with Crippen LogP contribution in [0.15, 0.2) is 28.2 Å². The van der Waals surface area contributed by atoms with Gasteiger partial charge in [0.1, 0.15) is 5.69 Å². The van der Waals surface area contributed by atoms with E-state index < -0.39 is 0 Å². The van der Waals surface area contributed by atoms with Crippen molar-refractivity contribution < 1.29 is 13.9 Å². The highest BCUT2D eigenvalue weighted by atomic mass is 32.1. The predicted octanol–water partition coefficient (Wildman–Crippen LogP) is 2.65. The van der Waals surface area contributed by atoms with Gasteiger partial charge in [0.2, 0.25) is 0 Å². The van der Waals surface area contributed by atoms with Crippen LogP contribution in [0.25, 0.3) is 10.8 Å². The first-order valence-corrected chi connectivity index (χ1v) is 7.45. The first-order valence-electron chi connectivity index (χ1n) is 6.57. The number of thiazole rings is 1. The normalized spacial score (nSPS) is 23.0. The van der Waals surface area contributed by atoms with E-state index in [0.717, 1.165) is 5.01 Å². The van der Waals surface area contributed by atoms with Gasteiger partial charge in [0.05, 0.1) is 18.5 Å². The van der Waals surface area contributed by atoms with Gasteiger partial charge in [-0.25, -0.2) is 4.98 Å².